The number of nitrogens with two attached hydrogens (primary N) is 1. The number of primary amides is 1. The average Bonchev–Trinajstić information content (AvgIpc) is 3.07. The lowest BCUT2D eigenvalue weighted by molar-refractivity contribution is 0.0995. The Hall–Kier alpha value is -3.18. The molecule has 6 heteroatoms. The van der Waals surface area contributed by atoms with E-state index in [0.717, 1.165) is 28.1 Å². The summed E-state index contributed by atoms with van der Waals surface area (Å²) in [6.45, 7) is 1.88. The van der Waals surface area contributed by atoms with Gasteiger partial charge in [0.15, 0.2) is 0 Å². The second kappa shape index (κ2) is 6.28. The molecule has 1 amide bonds. The molecule has 26 heavy (non-hydrogen) atoms. The number of carbonyl (C=O) groups is 1. The van der Waals surface area contributed by atoms with E-state index in [1.807, 2.05) is 61.7 Å². The summed E-state index contributed by atoms with van der Waals surface area (Å²) in [6, 6.07) is 15.5. The van der Waals surface area contributed by atoms with Gasteiger partial charge in [-0.3, -0.25) is 14.2 Å². The van der Waals surface area contributed by atoms with Crippen molar-refractivity contribution in [2.24, 2.45) is 5.73 Å². The van der Waals surface area contributed by atoms with Gasteiger partial charge in [0.05, 0.1) is 22.6 Å². The van der Waals surface area contributed by atoms with Crippen LogP contribution in [0.5, 0.6) is 0 Å². The van der Waals surface area contributed by atoms with Gasteiger partial charge in [-0.2, -0.15) is 0 Å². The number of fused-ring (bicyclic) bond motifs is 1. The SMILES string of the molecule is Cc1nc(-c2ccccc2-c2ccc3ncc(C(N)=O)n3c2)ccc1Cl. The fourth-order valence-electron chi connectivity index (χ4n) is 2.97. The molecule has 0 spiro atoms. The van der Waals surface area contributed by atoms with Gasteiger partial charge in [-0.25, -0.2) is 4.98 Å². The molecule has 0 atom stereocenters. The van der Waals surface area contributed by atoms with Crippen LogP contribution >= 0.6 is 11.6 Å². The number of carbonyl (C=O) groups excluding carboxylic acids is 1. The van der Waals surface area contributed by atoms with Gasteiger partial charge in [-0.1, -0.05) is 35.9 Å². The first kappa shape index (κ1) is 16.3. The van der Waals surface area contributed by atoms with E-state index in [1.165, 1.54) is 6.20 Å². The molecule has 0 saturated carbocycles. The number of aryl methyl sites for hydroxylation is 1. The molecule has 0 unspecified atom stereocenters. The van der Waals surface area contributed by atoms with E-state index in [-0.39, 0.29) is 0 Å². The highest BCUT2D eigenvalue weighted by molar-refractivity contribution is 6.31. The Kier molecular flexibility index (Phi) is 3.93. The minimum Gasteiger partial charge on any atom is -0.364 e. The van der Waals surface area contributed by atoms with E-state index in [4.69, 9.17) is 17.3 Å². The zero-order chi connectivity index (χ0) is 18.3. The molecule has 2 N–H and O–H groups in total. The smallest absolute Gasteiger partial charge is 0.267 e. The van der Waals surface area contributed by atoms with Crippen LogP contribution in [0.15, 0.2) is 60.9 Å². The molecule has 0 radical (unpaired) electrons. The fourth-order valence-corrected chi connectivity index (χ4v) is 3.08. The van der Waals surface area contributed by atoms with Crippen molar-refractivity contribution in [1.29, 1.82) is 0 Å². The Bertz CT molecular complexity index is 1150. The van der Waals surface area contributed by atoms with Crippen LogP contribution in [0.4, 0.5) is 0 Å². The van der Waals surface area contributed by atoms with Crippen molar-refractivity contribution in [1.82, 2.24) is 14.4 Å². The molecule has 0 aliphatic rings. The average molecular weight is 363 g/mol. The number of rotatable bonds is 3. The summed E-state index contributed by atoms with van der Waals surface area (Å²) in [5.74, 6) is -0.516. The van der Waals surface area contributed by atoms with Gasteiger partial charge in [0.25, 0.3) is 5.91 Å². The van der Waals surface area contributed by atoms with Gasteiger partial charge < -0.3 is 5.73 Å². The van der Waals surface area contributed by atoms with Crippen molar-refractivity contribution in [3.63, 3.8) is 0 Å². The standard InChI is InChI=1S/C20H15ClN4O/c1-12-16(21)7-8-17(24-12)15-5-3-2-4-14(15)13-6-9-19-23-10-18(20(22)26)25(19)11-13/h2-11H,1H3,(H2,22,26). The molecule has 5 nitrogen and oxygen atoms in total. The van der Waals surface area contributed by atoms with Gasteiger partial charge >= 0.3 is 0 Å². The van der Waals surface area contributed by atoms with Crippen molar-refractivity contribution >= 4 is 23.2 Å². The van der Waals surface area contributed by atoms with Crippen LogP contribution in [0, 0.1) is 6.92 Å². The number of hydrogen-bond donors (Lipinski definition) is 1. The lowest BCUT2D eigenvalue weighted by Gasteiger charge is -2.11. The van der Waals surface area contributed by atoms with E-state index < -0.39 is 5.91 Å². The molecule has 3 heterocycles. The molecule has 0 fully saturated rings. The maximum absolute atomic E-state index is 11.6. The minimum atomic E-state index is -0.516. The van der Waals surface area contributed by atoms with Gasteiger partial charge in [-0.05, 0) is 42.3 Å². The Morgan fingerprint density at radius 2 is 1.85 bits per heavy atom. The first-order chi connectivity index (χ1) is 12.5. The first-order valence-corrected chi connectivity index (χ1v) is 8.42. The van der Waals surface area contributed by atoms with Gasteiger partial charge in [0, 0.05) is 11.8 Å². The molecule has 3 aromatic heterocycles. The summed E-state index contributed by atoms with van der Waals surface area (Å²) in [4.78, 5) is 20.4. The van der Waals surface area contributed by atoms with E-state index in [9.17, 15) is 4.79 Å². The summed E-state index contributed by atoms with van der Waals surface area (Å²) in [5, 5.41) is 0.636. The third-order valence-electron chi connectivity index (χ3n) is 4.29. The predicted octanol–water partition coefficient (Wildman–Crippen LogP) is 4.12. The zero-order valence-corrected chi connectivity index (χ0v) is 14.7. The maximum atomic E-state index is 11.6. The van der Waals surface area contributed by atoms with E-state index in [2.05, 4.69) is 9.97 Å². The summed E-state index contributed by atoms with van der Waals surface area (Å²) in [5.41, 5.74) is 11.0. The largest absolute Gasteiger partial charge is 0.364 e. The number of benzene rings is 1. The number of pyridine rings is 2. The Balaban J connectivity index is 1.91. The molecule has 0 bridgehead atoms. The van der Waals surface area contributed by atoms with Crippen LogP contribution in [0.25, 0.3) is 28.0 Å². The Morgan fingerprint density at radius 3 is 2.58 bits per heavy atom. The molecule has 128 valence electrons. The summed E-state index contributed by atoms with van der Waals surface area (Å²) < 4.78 is 1.70. The molecule has 1 aromatic carbocycles. The zero-order valence-electron chi connectivity index (χ0n) is 14.0. The number of nitrogens with zero attached hydrogens (tertiary/aromatic N) is 3. The first-order valence-electron chi connectivity index (χ1n) is 8.04. The second-order valence-corrected chi connectivity index (χ2v) is 6.37. The van der Waals surface area contributed by atoms with Crippen molar-refractivity contribution < 1.29 is 4.79 Å². The lowest BCUT2D eigenvalue weighted by atomic mass is 9.98. The maximum Gasteiger partial charge on any atom is 0.267 e. The van der Waals surface area contributed by atoms with Crippen LogP contribution < -0.4 is 5.73 Å². The van der Waals surface area contributed by atoms with Crippen LogP contribution in [0.1, 0.15) is 16.2 Å². The Morgan fingerprint density at radius 1 is 1.08 bits per heavy atom. The van der Waals surface area contributed by atoms with Crippen molar-refractivity contribution in [2.45, 2.75) is 6.92 Å². The number of hydrogen-bond acceptors (Lipinski definition) is 3. The highest BCUT2D eigenvalue weighted by Crippen LogP contribution is 2.32. The van der Waals surface area contributed by atoms with E-state index >= 15 is 0 Å². The minimum absolute atomic E-state index is 0.347. The van der Waals surface area contributed by atoms with Crippen LogP contribution in [-0.2, 0) is 0 Å². The summed E-state index contributed by atoms with van der Waals surface area (Å²) >= 11 is 6.11. The number of imidazole rings is 1. The van der Waals surface area contributed by atoms with Crippen LogP contribution in [0.2, 0.25) is 5.02 Å². The molecule has 4 aromatic rings. The van der Waals surface area contributed by atoms with Crippen LogP contribution in [-0.4, -0.2) is 20.3 Å². The molecular weight excluding hydrogens is 348 g/mol. The lowest BCUT2D eigenvalue weighted by Crippen LogP contribution is -2.13. The van der Waals surface area contributed by atoms with Crippen molar-refractivity contribution in [3.05, 3.63) is 77.3 Å². The van der Waals surface area contributed by atoms with E-state index in [1.54, 1.807) is 4.40 Å². The number of amides is 1. The fraction of sp³-hybridized carbons (Fsp3) is 0.0500. The van der Waals surface area contributed by atoms with Crippen molar-refractivity contribution in [2.75, 3.05) is 0 Å². The summed E-state index contributed by atoms with van der Waals surface area (Å²) in [7, 11) is 0. The van der Waals surface area contributed by atoms with Crippen molar-refractivity contribution in [3.8, 4) is 22.4 Å². The van der Waals surface area contributed by atoms with Gasteiger partial charge in [0.1, 0.15) is 11.3 Å². The topological polar surface area (TPSA) is 73.3 Å². The van der Waals surface area contributed by atoms with Crippen LogP contribution in [0.3, 0.4) is 0 Å². The Labute approximate surface area is 155 Å². The highest BCUT2D eigenvalue weighted by atomic mass is 35.5. The van der Waals surface area contributed by atoms with E-state index in [0.29, 0.717) is 16.4 Å². The number of aromatic nitrogens is 3. The predicted molar refractivity (Wildman–Crippen MR) is 102 cm³/mol. The molecular formula is C20H15ClN4O. The molecule has 0 aliphatic carbocycles. The van der Waals surface area contributed by atoms with Gasteiger partial charge in [-0.15, -0.1) is 0 Å². The molecule has 0 aliphatic heterocycles. The monoisotopic (exact) mass is 362 g/mol. The quantitative estimate of drug-likeness (QED) is 0.595. The number of halogens is 1. The third-order valence-corrected chi connectivity index (χ3v) is 4.69. The second-order valence-electron chi connectivity index (χ2n) is 5.96. The normalized spacial score (nSPS) is 11.0. The summed E-state index contributed by atoms with van der Waals surface area (Å²) in [6.07, 6.45) is 3.35. The third kappa shape index (κ3) is 2.72. The molecule has 4 rings (SSSR count). The van der Waals surface area contributed by atoms with Gasteiger partial charge in [0.2, 0.25) is 0 Å². The molecule has 0 saturated heterocycles. The highest BCUT2D eigenvalue weighted by Gasteiger charge is 2.13.